The quantitative estimate of drug-likeness (QED) is 0.790. The van der Waals surface area contributed by atoms with Crippen molar-refractivity contribution >= 4 is 16.2 Å². The maximum atomic E-state index is 12.2. The molecule has 1 aromatic rings. The van der Waals surface area contributed by atoms with Gasteiger partial charge in [0.25, 0.3) is 10.2 Å². The number of hydrogen-bond acceptors (Lipinski definition) is 4. The highest BCUT2D eigenvalue weighted by Gasteiger charge is 2.26. The molecular formula is C14H20N2O4S. The summed E-state index contributed by atoms with van der Waals surface area (Å²) >= 11 is 0. The Morgan fingerprint density at radius 3 is 2.76 bits per heavy atom. The summed E-state index contributed by atoms with van der Waals surface area (Å²) in [7, 11) is -3.56. The van der Waals surface area contributed by atoms with E-state index in [-0.39, 0.29) is 13.0 Å². The maximum Gasteiger partial charge on any atom is 0.307 e. The number of carbonyl (C=O) groups is 1. The zero-order valence-corrected chi connectivity index (χ0v) is 12.9. The van der Waals surface area contributed by atoms with Gasteiger partial charge >= 0.3 is 5.97 Å². The highest BCUT2D eigenvalue weighted by Crippen LogP contribution is 2.20. The van der Waals surface area contributed by atoms with Gasteiger partial charge in [0, 0.05) is 19.6 Å². The van der Waals surface area contributed by atoms with E-state index in [0.717, 1.165) is 5.56 Å². The lowest BCUT2D eigenvalue weighted by Crippen LogP contribution is -2.43. The molecule has 0 aromatic heterocycles. The minimum absolute atomic E-state index is 0.0392. The van der Waals surface area contributed by atoms with Crippen LogP contribution in [-0.4, -0.2) is 38.4 Å². The summed E-state index contributed by atoms with van der Waals surface area (Å²) in [5.41, 5.74) is 2.22. The number of carbonyl (C=O) groups excluding carboxylic acids is 1. The Bertz CT molecular complexity index is 601. The number of nitrogens with zero attached hydrogens (tertiary/aromatic N) is 1. The van der Waals surface area contributed by atoms with Crippen molar-refractivity contribution in [3.63, 3.8) is 0 Å². The molecule has 21 heavy (non-hydrogen) atoms. The Morgan fingerprint density at radius 1 is 1.33 bits per heavy atom. The molecule has 0 atom stereocenters. The third-order valence-corrected chi connectivity index (χ3v) is 4.91. The van der Waals surface area contributed by atoms with E-state index >= 15 is 0 Å². The van der Waals surface area contributed by atoms with Crippen LogP contribution in [0, 0.1) is 0 Å². The zero-order chi connectivity index (χ0) is 15.3. The first-order chi connectivity index (χ1) is 10.0. The smallest absolute Gasteiger partial charge is 0.307 e. The molecule has 0 saturated carbocycles. The van der Waals surface area contributed by atoms with Crippen LogP contribution < -0.4 is 4.72 Å². The van der Waals surface area contributed by atoms with Crippen molar-refractivity contribution in [3.05, 3.63) is 35.4 Å². The van der Waals surface area contributed by atoms with Crippen molar-refractivity contribution in [2.45, 2.75) is 26.3 Å². The van der Waals surface area contributed by atoms with Gasteiger partial charge in [0.2, 0.25) is 0 Å². The molecule has 0 radical (unpaired) electrons. The third kappa shape index (κ3) is 4.26. The second-order valence-corrected chi connectivity index (χ2v) is 6.56. The molecule has 1 heterocycles. The maximum absolute atomic E-state index is 12.2. The van der Waals surface area contributed by atoms with Gasteiger partial charge in [0.1, 0.15) is 0 Å². The molecular weight excluding hydrogens is 292 g/mol. The molecule has 1 aromatic carbocycles. The second-order valence-electron chi connectivity index (χ2n) is 4.81. The molecule has 0 unspecified atom stereocenters. The fourth-order valence-electron chi connectivity index (χ4n) is 2.28. The first-order valence-corrected chi connectivity index (χ1v) is 8.44. The Hall–Kier alpha value is -1.44. The van der Waals surface area contributed by atoms with Crippen LogP contribution in [0.5, 0.6) is 0 Å². The van der Waals surface area contributed by atoms with Crippen molar-refractivity contribution in [2.75, 3.05) is 19.7 Å². The van der Waals surface area contributed by atoms with Crippen LogP contribution in [0.4, 0.5) is 0 Å². The van der Waals surface area contributed by atoms with E-state index in [4.69, 9.17) is 4.74 Å². The van der Waals surface area contributed by atoms with Gasteiger partial charge in [-0.05, 0) is 24.5 Å². The lowest BCUT2D eigenvalue weighted by atomic mass is 10.0. The second kappa shape index (κ2) is 7.02. The summed E-state index contributed by atoms with van der Waals surface area (Å²) in [4.78, 5) is 11.2. The van der Waals surface area contributed by atoms with E-state index in [2.05, 4.69) is 4.72 Å². The number of esters is 1. The number of rotatable bonds is 6. The Balaban J connectivity index is 1.91. The van der Waals surface area contributed by atoms with Crippen LogP contribution in [0.2, 0.25) is 0 Å². The monoisotopic (exact) mass is 312 g/mol. The number of nitrogens with one attached hydrogen (secondary N) is 1. The van der Waals surface area contributed by atoms with E-state index in [1.165, 1.54) is 9.87 Å². The fourth-order valence-corrected chi connectivity index (χ4v) is 3.46. The topological polar surface area (TPSA) is 75.7 Å². The molecule has 2 rings (SSSR count). The molecule has 1 N–H and O–H groups in total. The average molecular weight is 312 g/mol. The first kappa shape index (κ1) is 15.9. The average Bonchev–Trinajstić information content (AvgIpc) is 2.47. The van der Waals surface area contributed by atoms with Gasteiger partial charge in [-0.2, -0.15) is 12.7 Å². The normalized spacial score (nSPS) is 15.5. The van der Waals surface area contributed by atoms with E-state index < -0.39 is 16.2 Å². The molecule has 6 nitrogen and oxygen atoms in total. The molecule has 0 amide bonds. The van der Waals surface area contributed by atoms with Crippen molar-refractivity contribution in [1.82, 2.24) is 9.03 Å². The minimum Gasteiger partial charge on any atom is -0.466 e. The van der Waals surface area contributed by atoms with Crippen LogP contribution in [-0.2, 0) is 32.7 Å². The fraction of sp³-hybridized carbons (Fsp3) is 0.500. The Kier molecular flexibility index (Phi) is 5.33. The van der Waals surface area contributed by atoms with Crippen LogP contribution >= 0.6 is 0 Å². The van der Waals surface area contributed by atoms with Crippen molar-refractivity contribution in [2.24, 2.45) is 0 Å². The standard InChI is InChI=1S/C14H20N2O4S/c1-2-20-14(17)7-9-15-21(18,19)16-10-8-12-5-3-4-6-13(12)11-16/h3-6,15H,2,7-11H2,1H3. The predicted octanol–water partition coefficient (Wildman–Crippen LogP) is 0.832. The first-order valence-electron chi connectivity index (χ1n) is 7.00. The van der Waals surface area contributed by atoms with E-state index in [1.807, 2.05) is 24.3 Å². The van der Waals surface area contributed by atoms with Gasteiger partial charge in [-0.3, -0.25) is 4.79 Å². The summed E-state index contributed by atoms with van der Waals surface area (Å²) in [6.07, 6.45) is 0.743. The van der Waals surface area contributed by atoms with Crippen molar-refractivity contribution in [1.29, 1.82) is 0 Å². The van der Waals surface area contributed by atoms with Gasteiger partial charge in [0.05, 0.1) is 13.0 Å². The lowest BCUT2D eigenvalue weighted by molar-refractivity contribution is -0.142. The third-order valence-electron chi connectivity index (χ3n) is 3.35. The summed E-state index contributed by atoms with van der Waals surface area (Å²) in [6.45, 7) is 2.89. The lowest BCUT2D eigenvalue weighted by Gasteiger charge is -2.28. The van der Waals surface area contributed by atoms with Gasteiger partial charge in [0.15, 0.2) is 0 Å². The molecule has 1 aliphatic rings. The van der Waals surface area contributed by atoms with Crippen LogP contribution in [0.3, 0.4) is 0 Å². The highest BCUT2D eigenvalue weighted by molar-refractivity contribution is 7.87. The molecule has 0 fully saturated rings. The largest absolute Gasteiger partial charge is 0.466 e. The number of ether oxygens (including phenoxy) is 1. The Labute approximate surface area is 125 Å². The predicted molar refractivity (Wildman–Crippen MR) is 78.7 cm³/mol. The van der Waals surface area contributed by atoms with E-state index in [9.17, 15) is 13.2 Å². The minimum atomic E-state index is -3.56. The van der Waals surface area contributed by atoms with Gasteiger partial charge in [-0.15, -0.1) is 0 Å². The van der Waals surface area contributed by atoms with Crippen molar-refractivity contribution < 1.29 is 17.9 Å². The zero-order valence-electron chi connectivity index (χ0n) is 12.0. The van der Waals surface area contributed by atoms with Gasteiger partial charge in [-0.1, -0.05) is 24.3 Å². The molecule has 0 spiro atoms. The van der Waals surface area contributed by atoms with Crippen molar-refractivity contribution in [3.8, 4) is 0 Å². The molecule has 0 saturated heterocycles. The van der Waals surface area contributed by atoms with Crippen LogP contribution in [0.15, 0.2) is 24.3 Å². The van der Waals surface area contributed by atoms with Gasteiger partial charge < -0.3 is 4.74 Å². The number of fused-ring (bicyclic) bond motifs is 1. The molecule has 7 heteroatoms. The summed E-state index contributed by atoms with van der Waals surface area (Å²) < 4.78 is 33.0. The van der Waals surface area contributed by atoms with Crippen LogP contribution in [0.1, 0.15) is 24.5 Å². The number of benzene rings is 1. The summed E-state index contributed by atoms with van der Waals surface area (Å²) in [6, 6.07) is 7.83. The highest BCUT2D eigenvalue weighted by atomic mass is 32.2. The van der Waals surface area contributed by atoms with E-state index in [0.29, 0.717) is 26.1 Å². The summed E-state index contributed by atoms with van der Waals surface area (Å²) in [5.74, 6) is -0.399. The summed E-state index contributed by atoms with van der Waals surface area (Å²) in [5, 5.41) is 0. The molecule has 0 aliphatic carbocycles. The molecule has 116 valence electrons. The molecule has 0 bridgehead atoms. The molecule has 1 aliphatic heterocycles. The van der Waals surface area contributed by atoms with Crippen LogP contribution in [0.25, 0.3) is 0 Å². The van der Waals surface area contributed by atoms with Gasteiger partial charge in [-0.25, -0.2) is 4.72 Å². The van der Waals surface area contributed by atoms with E-state index in [1.54, 1.807) is 6.92 Å². The Morgan fingerprint density at radius 2 is 2.05 bits per heavy atom. The number of hydrogen-bond donors (Lipinski definition) is 1. The SMILES string of the molecule is CCOC(=O)CCNS(=O)(=O)N1CCc2ccccc2C1.